The topological polar surface area (TPSA) is 47.6 Å². The van der Waals surface area contributed by atoms with Crippen LogP contribution in [0, 0.1) is 0 Å². The Kier molecular flexibility index (Phi) is 4.24. The van der Waals surface area contributed by atoms with E-state index in [0.717, 1.165) is 25.3 Å². The van der Waals surface area contributed by atoms with E-state index in [4.69, 9.17) is 9.47 Å². The van der Waals surface area contributed by atoms with Crippen LogP contribution in [0.5, 0.6) is 11.5 Å². The fourth-order valence-electron chi connectivity index (χ4n) is 1.99. The molecule has 1 amide bonds. The fourth-order valence-corrected chi connectivity index (χ4v) is 3.93. The summed E-state index contributed by atoms with van der Waals surface area (Å²) in [5, 5.41) is 2.98. The Morgan fingerprint density at radius 1 is 1.29 bits per heavy atom. The SMILES string of the molecule is CC(NC(=O)c1cc(Br)c(Br)s1)c1ccc2c(c1)OCO2. The van der Waals surface area contributed by atoms with Gasteiger partial charge in [-0.2, -0.15) is 0 Å². The molecule has 1 aliphatic rings. The first-order valence-electron chi connectivity index (χ1n) is 6.20. The van der Waals surface area contributed by atoms with Gasteiger partial charge in [0.15, 0.2) is 11.5 Å². The standard InChI is InChI=1S/C14H11Br2NO3S/c1-7(8-2-3-10-11(4-8)20-6-19-10)17-14(18)12-5-9(15)13(16)21-12/h2-5,7H,6H2,1H3,(H,17,18). The van der Waals surface area contributed by atoms with Crippen molar-refractivity contribution in [1.29, 1.82) is 0 Å². The Morgan fingerprint density at radius 2 is 2.05 bits per heavy atom. The Hall–Kier alpha value is -1.05. The lowest BCUT2D eigenvalue weighted by Gasteiger charge is -2.14. The second kappa shape index (κ2) is 5.98. The van der Waals surface area contributed by atoms with Crippen molar-refractivity contribution >= 4 is 49.1 Å². The van der Waals surface area contributed by atoms with Gasteiger partial charge in [-0.3, -0.25) is 4.79 Å². The summed E-state index contributed by atoms with van der Waals surface area (Å²) in [5.41, 5.74) is 0.974. The maximum absolute atomic E-state index is 12.2. The van der Waals surface area contributed by atoms with Crippen molar-refractivity contribution in [2.75, 3.05) is 6.79 Å². The quantitative estimate of drug-likeness (QED) is 0.776. The van der Waals surface area contributed by atoms with Crippen LogP contribution in [0.3, 0.4) is 0 Å². The van der Waals surface area contributed by atoms with Gasteiger partial charge in [-0.05, 0) is 62.5 Å². The van der Waals surface area contributed by atoms with Gasteiger partial charge in [0.25, 0.3) is 5.91 Å². The van der Waals surface area contributed by atoms with Crippen LogP contribution in [-0.4, -0.2) is 12.7 Å². The molecule has 21 heavy (non-hydrogen) atoms. The third kappa shape index (κ3) is 3.09. The predicted octanol–water partition coefficient (Wildman–Crippen LogP) is 4.49. The molecule has 1 aromatic carbocycles. The second-order valence-electron chi connectivity index (χ2n) is 4.54. The highest BCUT2D eigenvalue weighted by atomic mass is 79.9. The molecule has 0 spiro atoms. The van der Waals surface area contributed by atoms with Crippen molar-refractivity contribution in [3.63, 3.8) is 0 Å². The molecule has 1 aromatic heterocycles. The monoisotopic (exact) mass is 431 g/mol. The summed E-state index contributed by atoms with van der Waals surface area (Å²) >= 11 is 8.17. The molecule has 1 N–H and O–H groups in total. The number of amides is 1. The summed E-state index contributed by atoms with van der Waals surface area (Å²) in [6.07, 6.45) is 0. The number of hydrogen-bond donors (Lipinski definition) is 1. The van der Waals surface area contributed by atoms with Gasteiger partial charge in [0, 0.05) is 4.47 Å². The molecule has 3 rings (SSSR count). The number of ether oxygens (including phenoxy) is 2. The Balaban J connectivity index is 1.73. The third-order valence-corrected chi connectivity index (χ3v) is 6.37. The molecule has 1 atom stereocenters. The lowest BCUT2D eigenvalue weighted by molar-refractivity contribution is 0.0944. The Bertz CT molecular complexity index is 682. The molecule has 0 saturated heterocycles. The second-order valence-corrected chi connectivity index (χ2v) is 7.76. The van der Waals surface area contributed by atoms with Gasteiger partial charge >= 0.3 is 0 Å². The lowest BCUT2D eigenvalue weighted by atomic mass is 10.1. The van der Waals surface area contributed by atoms with Crippen molar-refractivity contribution in [2.24, 2.45) is 0 Å². The molecule has 1 aliphatic heterocycles. The van der Waals surface area contributed by atoms with Crippen LogP contribution < -0.4 is 14.8 Å². The van der Waals surface area contributed by atoms with Crippen molar-refractivity contribution in [1.82, 2.24) is 5.32 Å². The van der Waals surface area contributed by atoms with Gasteiger partial charge in [0.1, 0.15) is 0 Å². The zero-order chi connectivity index (χ0) is 15.0. The highest BCUT2D eigenvalue weighted by molar-refractivity contribution is 9.13. The van der Waals surface area contributed by atoms with E-state index >= 15 is 0 Å². The van der Waals surface area contributed by atoms with E-state index in [1.165, 1.54) is 11.3 Å². The highest BCUT2D eigenvalue weighted by Crippen LogP contribution is 2.35. The number of carbonyl (C=O) groups is 1. The molecule has 4 nitrogen and oxygen atoms in total. The maximum Gasteiger partial charge on any atom is 0.261 e. The van der Waals surface area contributed by atoms with Crippen LogP contribution >= 0.6 is 43.2 Å². The predicted molar refractivity (Wildman–Crippen MR) is 88.2 cm³/mol. The number of rotatable bonds is 3. The number of fused-ring (bicyclic) bond motifs is 1. The normalized spacial score (nSPS) is 14.0. The number of carbonyl (C=O) groups excluding carboxylic acids is 1. The van der Waals surface area contributed by atoms with E-state index in [9.17, 15) is 4.79 Å². The average Bonchev–Trinajstić information content (AvgIpc) is 3.05. The summed E-state index contributed by atoms with van der Waals surface area (Å²) in [5.74, 6) is 1.36. The van der Waals surface area contributed by atoms with E-state index in [2.05, 4.69) is 37.2 Å². The number of thiophene rings is 1. The average molecular weight is 433 g/mol. The van der Waals surface area contributed by atoms with Gasteiger partial charge in [-0.1, -0.05) is 6.07 Å². The zero-order valence-corrected chi connectivity index (χ0v) is 15.0. The molecular weight excluding hydrogens is 422 g/mol. The first kappa shape index (κ1) is 14.9. The summed E-state index contributed by atoms with van der Waals surface area (Å²) in [7, 11) is 0. The first-order chi connectivity index (χ1) is 10.0. The zero-order valence-electron chi connectivity index (χ0n) is 11.0. The maximum atomic E-state index is 12.2. The largest absolute Gasteiger partial charge is 0.454 e. The fraction of sp³-hybridized carbons (Fsp3) is 0.214. The van der Waals surface area contributed by atoms with Gasteiger partial charge in [0.05, 0.1) is 14.7 Å². The van der Waals surface area contributed by atoms with Crippen LogP contribution in [0.4, 0.5) is 0 Å². The van der Waals surface area contributed by atoms with Crippen molar-refractivity contribution in [3.8, 4) is 11.5 Å². The molecule has 2 heterocycles. The van der Waals surface area contributed by atoms with Crippen LogP contribution in [-0.2, 0) is 0 Å². The molecule has 0 bridgehead atoms. The molecule has 110 valence electrons. The summed E-state index contributed by atoms with van der Waals surface area (Å²) in [4.78, 5) is 12.9. The molecule has 1 unspecified atom stereocenters. The van der Waals surface area contributed by atoms with E-state index in [1.807, 2.05) is 25.1 Å². The van der Waals surface area contributed by atoms with Crippen molar-refractivity contribution in [3.05, 3.63) is 43.0 Å². The van der Waals surface area contributed by atoms with Crippen LogP contribution in [0.2, 0.25) is 0 Å². The van der Waals surface area contributed by atoms with Gasteiger partial charge in [-0.25, -0.2) is 0 Å². The van der Waals surface area contributed by atoms with Gasteiger partial charge in [0.2, 0.25) is 6.79 Å². The minimum atomic E-state index is -0.119. The highest BCUT2D eigenvalue weighted by Gasteiger charge is 2.18. The summed E-state index contributed by atoms with van der Waals surface area (Å²) in [6, 6.07) is 7.37. The summed E-state index contributed by atoms with van der Waals surface area (Å²) < 4.78 is 12.4. The van der Waals surface area contributed by atoms with Gasteiger partial charge in [-0.15, -0.1) is 11.3 Å². The third-order valence-electron chi connectivity index (χ3n) is 3.11. The molecule has 0 aliphatic carbocycles. The van der Waals surface area contributed by atoms with Crippen LogP contribution in [0.15, 0.2) is 32.5 Å². The van der Waals surface area contributed by atoms with Crippen molar-refractivity contribution in [2.45, 2.75) is 13.0 Å². The van der Waals surface area contributed by atoms with E-state index in [-0.39, 0.29) is 18.7 Å². The molecule has 7 heteroatoms. The van der Waals surface area contributed by atoms with E-state index in [1.54, 1.807) is 6.07 Å². The van der Waals surface area contributed by atoms with E-state index < -0.39 is 0 Å². The smallest absolute Gasteiger partial charge is 0.261 e. The summed E-state index contributed by atoms with van der Waals surface area (Å²) in [6.45, 7) is 2.18. The lowest BCUT2D eigenvalue weighted by Crippen LogP contribution is -2.25. The molecule has 2 aromatic rings. The van der Waals surface area contributed by atoms with Crippen molar-refractivity contribution < 1.29 is 14.3 Å². The minimum Gasteiger partial charge on any atom is -0.454 e. The van der Waals surface area contributed by atoms with E-state index in [0.29, 0.717) is 4.88 Å². The van der Waals surface area contributed by atoms with Crippen LogP contribution in [0.1, 0.15) is 28.2 Å². The molecular formula is C14H11Br2NO3S. The number of benzene rings is 1. The Morgan fingerprint density at radius 3 is 2.76 bits per heavy atom. The minimum absolute atomic E-state index is 0.100. The molecule has 0 fully saturated rings. The Labute approximate surface area is 142 Å². The number of nitrogens with one attached hydrogen (secondary N) is 1. The molecule has 0 radical (unpaired) electrons. The molecule has 0 saturated carbocycles. The van der Waals surface area contributed by atoms with Gasteiger partial charge < -0.3 is 14.8 Å². The number of hydrogen-bond acceptors (Lipinski definition) is 4. The first-order valence-corrected chi connectivity index (χ1v) is 8.60. The number of halogens is 2. The van der Waals surface area contributed by atoms with Crippen LogP contribution in [0.25, 0.3) is 0 Å².